The maximum atomic E-state index is 10.6. The lowest BCUT2D eigenvalue weighted by molar-refractivity contribution is -0.193. The zero-order valence-electron chi connectivity index (χ0n) is 19.9. The average Bonchev–Trinajstić information content (AvgIpc) is 3.05. The third-order valence-electron chi connectivity index (χ3n) is 4.65. The summed E-state index contributed by atoms with van der Waals surface area (Å²) in [5.74, 6) is -7.62. The maximum Gasteiger partial charge on any atom is 0.490 e. The molecule has 0 unspecified atom stereocenters. The fourth-order valence-corrected chi connectivity index (χ4v) is 2.99. The highest BCUT2D eigenvalue weighted by Crippen LogP contribution is 2.24. The van der Waals surface area contributed by atoms with Gasteiger partial charge in [-0.2, -0.15) is 39.5 Å². The first-order chi connectivity index (χ1) is 17.6. The molecular formula is C20H24F9N3O7. The molecule has 39 heavy (non-hydrogen) atoms. The molecule has 224 valence electrons. The van der Waals surface area contributed by atoms with E-state index in [4.69, 9.17) is 34.4 Å². The number of aliphatic carboxylic acids is 3. The predicted octanol–water partition coefficient (Wildman–Crippen LogP) is 2.74. The first-order valence-electron chi connectivity index (χ1n) is 10.5. The standard InChI is InChI=1S/C14H21N3O.3C2HF3O2/c1-16-6-7-18-14-11-17(9-12(14)8-16)10-13-4-2-3-5-15-13;3*3-2(4,5)1(6)7/h2-5,12,14H,6-11H2,1H3;3*(H,6,7)/t12-,14+;;;/m0.../s1. The number of ether oxygens (including phenoxy) is 1. The van der Waals surface area contributed by atoms with Crippen LogP contribution in [0.25, 0.3) is 0 Å². The molecule has 10 nitrogen and oxygen atoms in total. The second-order valence-corrected chi connectivity index (χ2v) is 7.86. The molecule has 2 atom stereocenters. The number of carboxylic acids is 3. The maximum absolute atomic E-state index is 10.6. The molecule has 3 heterocycles. The van der Waals surface area contributed by atoms with Crippen LogP contribution >= 0.6 is 0 Å². The van der Waals surface area contributed by atoms with Crippen LogP contribution in [0.15, 0.2) is 24.4 Å². The summed E-state index contributed by atoms with van der Waals surface area (Å²) in [6.45, 7) is 6.22. The summed E-state index contributed by atoms with van der Waals surface area (Å²) in [7, 11) is 2.19. The number of likely N-dealkylation sites (tertiary alicyclic amines) is 1. The van der Waals surface area contributed by atoms with Crippen LogP contribution < -0.4 is 0 Å². The number of likely N-dealkylation sites (N-methyl/N-ethyl adjacent to an activating group) is 1. The number of carbonyl (C=O) groups is 3. The Morgan fingerprint density at radius 2 is 1.33 bits per heavy atom. The molecule has 2 fully saturated rings. The smallest absolute Gasteiger partial charge is 0.475 e. The van der Waals surface area contributed by atoms with Crippen molar-refractivity contribution in [3.8, 4) is 0 Å². The van der Waals surface area contributed by atoms with E-state index < -0.39 is 36.4 Å². The molecule has 0 bridgehead atoms. The summed E-state index contributed by atoms with van der Waals surface area (Å²) in [5.41, 5.74) is 1.15. The fourth-order valence-electron chi connectivity index (χ4n) is 2.99. The molecule has 0 amide bonds. The number of pyridine rings is 1. The number of halogens is 9. The van der Waals surface area contributed by atoms with Crippen molar-refractivity contribution in [3.05, 3.63) is 30.1 Å². The lowest BCUT2D eigenvalue weighted by atomic mass is 10.1. The van der Waals surface area contributed by atoms with Gasteiger partial charge in [-0.3, -0.25) is 9.88 Å². The van der Waals surface area contributed by atoms with E-state index in [1.54, 1.807) is 0 Å². The topological polar surface area (TPSA) is 140 Å². The summed E-state index contributed by atoms with van der Waals surface area (Å²) in [5, 5.41) is 21.4. The third-order valence-corrected chi connectivity index (χ3v) is 4.65. The van der Waals surface area contributed by atoms with Crippen molar-refractivity contribution >= 4 is 17.9 Å². The summed E-state index contributed by atoms with van der Waals surface area (Å²) in [6, 6.07) is 6.12. The Bertz CT molecular complexity index is 856. The van der Waals surface area contributed by atoms with Gasteiger partial charge in [0.1, 0.15) is 0 Å². The molecule has 2 saturated heterocycles. The number of hydrogen-bond donors (Lipinski definition) is 3. The number of fused-ring (bicyclic) bond motifs is 1. The van der Waals surface area contributed by atoms with E-state index in [-0.39, 0.29) is 0 Å². The van der Waals surface area contributed by atoms with E-state index >= 15 is 0 Å². The SMILES string of the molecule is CN1CCO[C@@H]2CN(Cc3ccccn3)C[C@@H]2C1.O=C(O)C(F)(F)F.O=C(O)C(F)(F)F.O=C(O)C(F)(F)F. The Labute approximate surface area is 214 Å². The van der Waals surface area contributed by atoms with Crippen molar-refractivity contribution < 1.29 is 74.0 Å². The lowest BCUT2D eigenvalue weighted by Gasteiger charge is -2.18. The van der Waals surface area contributed by atoms with Crippen molar-refractivity contribution in [2.45, 2.75) is 31.2 Å². The highest BCUT2D eigenvalue weighted by Gasteiger charge is 2.39. The van der Waals surface area contributed by atoms with E-state index in [0.29, 0.717) is 12.0 Å². The van der Waals surface area contributed by atoms with Gasteiger partial charge in [0.25, 0.3) is 0 Å². The van der Waals surface area contributed by atoms with E-state index in [9.17, 15) is 39.5 Å². The minimum atomic E-state index is -5.08. The van der Waals surface area contributed by atoms with Crippen LogP contribution in [0.2, 0.25) is 0 Å². The summed E-state index contributed by atoms with van der Waals surface area (Å²) < 4.78 is 101. The Balaban J connectivity index is 0.000000576. The summed E-state index contributed by atoms with van der Waals surface area (Å²) in [4.78, 5) is 35.9. The summed E-state index contributed by atoms with van der Waals surface area (Å²) in [6.07, 6.45) is -13.0. The van der Waals surface area contributed by atoms with Crippen molar-refractivity contribution in [1.29, 1.82) is 0 Å². The van der Waals surface area contributed by atoms with Crippen LogP contribution in [0, 0.1) is 5.92 Å². The molecule has 3 rings (SSSR count). The molecule has 0 radical (unpaired) electrons. The van der Waals surface area contributed by atoms with Crippen molar-refractivity contribution in [3.63, 3.8) is 0 Å². The van der Waals surface area contributed by atoms with Crippen molar-refractivity contribution in [1.82, 2.24) is 14.8 Å². The van der Waals surface area contributed by atoms with Crippen molar-refractivity contribution in [2.75, 3.05) is 39.8 Å². The van der Waals surface area contributed by atoms with Gasteiger partial charge < -0.3 is 25.0 Å². The van der Waals surface area contributed by atoms with Gasteiger partial charge in [0.2, 0.25) is 0 Å². The zero-order chi connectivity index (χ0) is 30.6. The quantitative estimate of drug-likeness (QED) is 0.441. The van der Waals surface area contributed by atoms with E-state index in [1.165, 1.54) is 0 Å². The second kappa shape index (κ2) is 15.4. The predicted molar refractivity (Wildman–Crippen MR) is 111 cm³/mol. The monoisotopic (exact) mass is 589 g/mol. The first kappa shape index (κ1) is 35.8. The number of aromatic nitrogens is 1. The third kappa shape index (κ3) is 15.7. The van der Waals surface area contributed by atoms with E-state index in [0.717, 1.165) is 45.0 Å². The van der Waals surface area contributed by atoms with Crippen LogP contribution in [-0.4, -0.2) is 112 Å². The molecule has 2 aliphatic heterocycles. The minimum absolute atomic E-state index is 0.415. The molecule has 2 aliphatic rings. The second-order valence-electron chi connectivity index (χ2n) is 7.86. The van der Waals surface area contributed by atoms with Gasteiger partial charge in [-0.1, -0.05) is 6.07 Å². The Kier molecular flexibility index (Phi) is 14.2. The molecular weight excluding hydrogens is 565 g/mol. The van der Waals surface area contributed by atoms with Gasteiger partial charge in [0.05, 0.1) is 18.4 Å². The Morgan fingerprint density at radius 3 is 1.72 bits per heavy atom. The number of carboxylic acid groups (broad SMARTS) is 3. The van der Waals surface area contributed by atoms with Gasteiger partial charge in [0, 0.05) is 44.8 Å². The number of nitrogens with zero attached hydrogens (tertiary/aromatic N) is 3. The van der Waals surface area contributed by atoms with Crippen LogP contribution in [-0.2, 0) is 25.7 Å². The molecule has 3 N–H and O–H groups in total. The first-order valence-corrected chi connectivity index (χ1v) is 10.5. The largest absolute Gasteiger partial charge is 0.490 e. The van der Waals surface area contributed by atoms with Crippen LogP contribution in [0.3, 0.4) is 0 Å². The van der Waals surface area contributed by atoms with Crippen molar-refractivity contribution in [2.24, 2.45) is 5.92 Å². The molecule has 1 aromatic rings. The highest BCUT2D eigenvalue weighted by atomic mass is 19.4. The van der Waals surface area contributed by atoms with E-state index in [1.807, 2.05) is 12.3 Å². The average molecular weight is 589 g/mol. The lowest BCUT2D eigenvalue weighted by Crippen LogP contribution is -2.29. The zero-order valence-corrected chi connectivity index (χ0v) is 19.9. The molecule has 0 aromatic carbocycles. The highest BCUT2D eigenvalue weighted by molar-refractivity contribution is 5.73. The van der Waals surface area contributed by atoms with Gasteiger partial charge >= 0.3 is 36.4 Å². The number of alkyl halides is 9. The Morgan fingerprint density at radius 1 is 0.872 bits per heavy atom. The minimum Gasteiger partial charge on any atom is -0.475 e. The molecule has 0 spiro atoms. The molecule has 0 aliphatic carbocycles. The molecule has 1 aromatic heterocycles. The van der Waals surface area contributed by atoms with Crippen LogP contribution in [0.4, 0.5) is 39.5 Å². The molecule has 0 saturated carbocycles. The van der Waals surface area contributed by atoms with Gasteiger partial charge in [0.15, 0.2) is 0 Å². The van der Waals surface area contributed by atoms with Gasteiger partial charge in [-0.25, -0.2) is 14.4 Å². The summed E-state index contributed by atoms with van der Waals surface area (Å²) >= 11 is 0. The molecule has 19 heteroatoms. The van der Waals surface area contributed by atoms with Crippen LogP contribution in [0.1, 0.15) is 5.69 Å². The van der Waals surface area contributed by atoms with Gasteiger partial charge in [-0.15, -0.1) is 0 Å². The Hall–Kier alpha value is -3.19. The number of rotatable bonds is 2. The normalized spacial score (nSPS) is 19.9. The number of hydrogen-bond acceptors (Lipinski definition) is 7. The van der Waals surface area contributed by atoms with Crippen LogP contribution in [0.5, 0.6) is 0 Å². The van der Waals surface area contributed by atoms with Gasteiger partial charge in [-0.05, 0) is 19.2 Å². The fraction of sp³-hybridized carbons (Fsp3) is 0.600. The van der Waals surface area contributed by atoms with E-state index in [2.05, 4.69) is 34.0 Å².